The van der Waals surface area contributed by atoms with E-state index >= 15 is 0 Å². The molecule has 0 aliphatic heterocycles. The lowest BCUT2D eigenvalue weighted by Gasteiger charge is -2.01. The molecule has 0 atom stereocenters. The van der Waals surface area contributed by atoms with Gasteiger partial charge in [0.1, 0.15) is 5.76 Å². The maximum Gasteiger partial charge on any atom is 0.336 e. The average molecular weight is 200 g/mol. The number of rotatable bonds is 2. The molecular formula is C13H12O2. The van der Waals surface area contributed by atoms with Crippen LogP contribution in [0.2, 0.25) is 0 Å². The summed E-state index contributed by atoms with van der Waals surface area (Å²) in [5.41, 5.74) is 1.68. The van der Waals surface area contributed by atoms with E-state index in [9.17, 15) is 4.79 Å². The van der Waals surface area contributed by atoms with Crippen molar-refractivity contribution >= 4 is 0 Å². The second kappa shape index (κ2) is 4.13. The second-order valence-electron chi connectivity index (χ2n) is 3.35. The van der Waals surface area contributed by atoms with Crippen molar-refractivity contribution in [2.24, 2.45) is 0 Å². The number of hydrogen-bond donors (Lipinski definition) is 0. The van der Waals surface area contributed by atoms with Crippen LogP contribution in [-0.4, -0.2) is 0 Å². The summed E-state index contributed by atoms with van der Waals surface area (Å²) < 4.78 is 5.03. The molecule has 2 nitrogen and oxygen atoms in total. The molecule has 0 saturated carbocycles. The summed E-state index contributed by atoms with van der Waals surface area (Å²) in [6.07, 6.45) is 0.732. The fraction of sp³-hybridized carbons (Fsp3) is 0.154. The van der Waals surface area contributed by atoms with Crippen LogP contribution < -0.4 is 5.63 Å². The standard InChI is InChI=1S/C13H12O2/c1-2-12-8-11(9-13(14)15-12)10-6-4-3-5-7-10/h3-9H,2H2,1H3. The van der Waals surface area contributed by atoms with E-state index in [4.69, 9.17) is 4.42 Å². The molecule has 0 aliphatic rings. The van der Waals surface area contributed by atoms with Gasteiger partial charge in [0, 0.05) is 12.5 Å². The van der Waals surface area contributed by atoms with E-state index in [-0.39, 0.29) is 5.63 Å². The van der Waals surface area contributed by atoms with Gasteiger partial charge in [-0.2, -0.15) is 0 Å². The van der Waals surface area contributed by atoms with Crippen LogP contribution in [0.15, 0.2) is 51.7 Å². The quantitative estimate of drug-likeness (QED) is 0.746. The summed E-state index contributed by atoms with van der Waals surface area (Å²) in [6, 6.07) is 13.3. The molecule has 76 valence electrons. The molecule has 2 heteroatoms. The summed E-state index contributed by atoms with van der Waals surface area (Å²) in [4.78, 5) is 11.3. The van der Waals surface area contributed by atoms with Gasteiger partial charge in [-0.05, 0) is 17.2 Å². The van der Waals surface area contributed by atoms with Gasteiger partial charge in [-0.15, -0.1) is 0 Å². The Balaban J connectivity index is 2.54. The number of aryl methyl sites for hydroxylation is 1. The number of benzene rings is 1. The Kier molecular flexibility index (Phi) is 2.68. The van der Waals surface area contributed by atoms with Crippen molar-refractivity contribution in [3.8, 4) is 11.1 Å². The van der Waals surface area contributed by atoms with Crippen molar-refractivity contribution in [1.82, 2.24) is 0 Å². The molecule has 2 aromatic rings. The maximum atomic E-state index is 11.3. The molecule has 0 spiro atoms. The highest BCUT2D eigenvalue weighted by Crippen LogP contribution is 2.18. The Morgan fingerprint density at radius 3 is 2.47 bits per heavy atom. The molecule has 2 rings (SSSR count). The molecule has 0 bridgehead atoms. The minimum atomic E-state index is -0.284. The highest BCUT2D eigenvalue weighted by atomic mass is 16.4. The summed E-state index contributed by atoms with van der Waals surface area (Å²) in [5.74, 6) is 0.723. The summed E-state index contributed by atoms with van der Waals surface area (Å²) in [7, 11) is 0. The average Bonchev–Trinajstić information content (AvgIpc) is 2.29. The van der Waals surface area contributed by atoms with Gasteiger partial charge in [0.15, 0.2) is 0 Å². The van der Waals surface area contributed by atoms with Crippen LogP contribution in [0.3, 0.4) is 0 Å². The van der Waals surface area contributed by atoms with E-state index in [1.807, 2.05) is 43.3 Å². The molecule has 0 aliphatic carbocycles. The van der Waals surface area contributed by atoms with E-state index in [0.29, 0.717) is 0 Å². The van der Waals surface area contributed by atoms with Gasteiger partial charge in [-0.1, -0.05) is 37.3 Å². The maximum absolute atomic E-state index is 11.3. The molecule has 0 radical (unpaired) electrons. The third-order valence-corrected chi connectivity index (χ3v) is 2.28. The monoisotopic (exact) mass is 200 g/mol. The first-order valence-electron chi connectivity index (χ1n) is 4.99. The van der Waals surface area contributed by atoms with Crippen molar-refractivity contribution in [1.29, 1.82) is 0 Å². The van der Waals surface area contributed by atoms with Crippen LogP contribution >= 0.6 is 0 Å². The Morgan fingerprint density at radius 1 is 1.07 bits per heavy atom. The Morgan fingerprint density at radius 2 is 1.80 bits per heavy atom. The van der Waals surface area contributed by atoms with Crippen molar-refractivity contribution in [2.45, 2.75) is 13.3 Å². The first-order chi connectivity index (χ1) is 7.29. The van der Waals surface area contributed by atoms with Crippen molar-refractivity contribution < 1.29 is 4.42 Å². The van der Waals surface area contributed by atoms with Gasteiger partial charge in [0.25, 0.3) is 0 Å². The molecule has 1 aromatic carbocycles. The molecule has 1 aromatic heterocycles. The molecule has 0 N–H and O–H groups in total. The van der Waals surface area contributed by atoms with Gasteiger partial charge in [0.2, 0.25) is 0 Å². The highest BCUT2D eigenvalue weighted by Gasteiger charge is 2.01. The minimum Gasteiger partial charge on any atom is -0.428 e. The van der Waals surface area contributed by atoms with E-state index in [0.717, 1.165) is 23.3 Å². The fourth-order valence-electron chi connectivity index (χ4n) is 1.50. The molecule has 0 fully saturated rings. The lowest BCUT2D eigenvalue weighted by Crippen LogP contribution is -1.99. The SMILES string of the molecule is CCc1cc(-c2ccccc2)cc(=O)o1. The highest BCUT2D eigenvalue weighted by molar-refractivity contribution is 5.62. The Bertz CT molecular complexity index is 497. The fourth-order valence-corrected chi connectivity index (χ4v) is 1.50. The van der Waals surface area contributed by atoms with Gasteiger partial charge in [-0.3, -0.25) is 0 Å². The molecular weight excluding hydrogens is 188 g/mol. The molecule has 15 heavy (non-hydrogen) atoms. The molecule has 1 heterocycles. The zero-order chi connectivity index (χ0) is 10.7. The minimum absolute atomic E-state index is 0.284. The van der Waals surface area contributed by atoms with E-state index < -0.39 is 0 Å². The van der Waals surface area contributed by atoms with Crippen LogP contribution in [0.25, 0.3) is 11.1 Å². The predicted octanol–water partition coefficient (Wildman–Crippen LogP) is 2.87. The van der Waals surface area contributed by atoms with Gasteiger partial charge in [0.05, 0.1) is 0 Å². The Labute approximate surface area is 88.2 Å². The normalized spacial score (nSPS) is 10.2. The van der Waals surface area contributed by atoms with E-state index in [1.165, 1.54) is 6.07 Å². The van der Waals surface area contributed by atoms with Crippen molar-refractivity contribution in [2.75, 3.05) is 0 Å². The lowest BCUT2D eigenvalue weighted by molar-refractivity contribution is 0.465. The molecule has 0 saturated heterocycles. The third-order valence-electron chi connectivity index (χ3n) is 2.28. The first-order valence-corrected chi connectivity index (χ1v) is 4.99. The van der Waals surface area contributed by atoms with Gasteiger partial charge < -0.3 is 4.42 Å². The molecule has 0 amide bonds. The van der Waals surface area contributed by atoms with Crippen LogP contribution in [0.5, 0.6) is 0 Å². The zero-order valence-corrected chi connectivity index (χ0v) is 8.57. The van der Waals surface area contributed by atoms with Crippen molar-refractivity contribution in [3.63, 3.8) is 0 Å². The third kappa shape index (κ3) is 2.15. The summed E-state index contributed by atoms with van der Waals surface area (Å²) in [6.45, 7) is 1.97. The van der Waals surface area contributed by atoms with Crippen LogP contribution in [0, 0.1) is 0 Å². The van der Waals surface area contributed by atoms with Crippen LogP contribution in [-0.2, 0) is 6.42 Å². The predicted molar refractivity (Wildman–Crippen MR) is 59.8 cm³/mol. The molecule has 0 unspecified atom stereocenters. The van der Waals surface area contributed by atoms with Crippen LogP contribution in [0.4, 0.5) is 0 Å². The topological polar surface area (TPSA) is 30.2 Å². The smallest absolute Gasteiger partial charge is 0.336 e. The summed E-state index contributed by atoms with van der Waals surface area (Å²) >= 11 is 0. The largest absolute Gasteiger partial charge is 0.428 e. The zero-order valence-electron chi connectivity index (χ0n) is 8.57. The number of hydrogen-bond acceptors (Lipinski definition) is 2. The van der Waals surface area contributed by atoms with Gasteiger partial charge >= 0.3 is 5.63 Å². The van der Waals surface area contributed by atoms with Crippen molar-refractivity contribution in [3.05, 3.63) is 58.6 Å². The van der Waals surface area contributed by atoms with E-state index in [2.05, 4.69) is 0 Å². The van der Waals surface area contributed by atoms with Crippen LogP contribution in [0.1, 0.15) is 12.7 Å². The Hall–Kier alpha value is -1.83. The summed E-state index contributed by atoms with van der Waals surface area (Å²) in [5, 5.41) is 0. The van der Waals surface area contributed by atoms with E-state index in [1.54, 1.807) is 0 Å². The van der Waals surface area contributed by atoms with Gasteiger partial charge in [-0.25, -0.2) is 4.79 Å². The lowest BCUT2D eigenvalue weighted by atomic mass is 10.1. The second-order valence-corrected chi connectivity index (χ2v) is 3.35. The first kappa shape index (κ1) is 9.71.